The average Bonchev–Trinajstić information content (AvgIpc) is 2.58. The molecule has 0 radical (unpaired) electrons. The van der Waals surface area contributed by atoms with Crippen LogP contribution in [0.25, 0.3) is 6.08 Å². The van der Waals surface area contributed by atoms with E-state index in [9.17, 15) is 14.4 Å². The molecule has 0 aliphatic rings. The van der Waals surface area contributed by atoms with Crippen LogP contribution in [0.3, 0.4) is 0 Å². The molecule has 6 nitrogen and oxygen atoms in total. The summed E-state index contributed by atoms with van der Waals surface area (Å²) in [5, 5.41) is 7.89. The molecule has 0 saturated carbocycles. The number of hydrogen-bond acceptors (Lipinski definition) is 5. The van der Waals surface area contributed by atoms with Crippen molar-refractivity contribution in [3.8, 4) is 0 Å². The first kappa shape index (κ1) is 22.3. The van der Waals surface area contributed by atoms with Crippen molar-refractivity contribution in [1.82, 2.24) is 0 Å². The van der Waals surface area contributed by atoms with E-state index < -0.39 is 17.9 Å². The molecule has 0 saturated heterocycles. The monoisotopic (exact) mass is 348 g/mol. The number of carbonyl (C=O) groups is 3. The van der Waals surface area contributed by atoms with Crippen LogP contribution in [0, 0.1) is 0 Å². The number of esters is 2. The Kier molecular flexibility index (Phi) is 12.2. The van der Waals surface area contributed by atoms with Gasteiger partial charge < -0.3 is 14.6 Å². The van der Waals surface area contributed by atoms with E-state index in [1.54, 1.807) is 6.08 Å². The SMILES string of the molecule is C=C(C)C(=O)O.CCOCCCC(=O)OC(=O)C=Cc1ccccc1. The summed E-state index contributed by atoms with van der Waals surface area (Å²) < 4.78 is 9.72. The molecule has 0 aliphatic heterocycles. The molecule has 0 fully saturated rings. The lowest BCUT2D eigenvalue weighted by Crippen LogP contribution is -2.10. The predicted octanol–water partition coefficient (Wildman–Crippen LogP) is 3.23. The molecule has 1 rings (SSSR count). The van der Waals surface area contributed by atoms with Gasteiger partial charge in [-0.05, 0) is 31.9 Å². The zero-order valence-electron chi connectivity index (χ0n) is 14.6. The lowest BCUT2D eigenvalue weighted by atomic mass is 10.2. The summed E-state index contributed by atoms with van der Waals surface area (Å²) in [6.07, 6.45) is 3.60. The second-order valence-corrected chi connectivity index (χ2v) is 4.92. The Hall–Kier alpha value is -2.73. The van der Waals surface area contributed by atoms with Gasteiger partial charge in [0, 0.05) is 31.3 Å². The fourth-order valence-corrected chi connectivity index (χ4v) is 1.39. The third-order valence-corrected chi connectivity index (χ3v) is 2.66. The summed E-state index contributed by atoms with van der Waals surface area (Å²) in [7, 11) is 0. The lowest BCUT2D eigenvalue weighted by Gasteiger charge is -2.01. The van der Waals surface area contributed by atoms with Crippen molar-refractivity contribution in [2.24, 2.45) is 0 Å². The molecule has 1 aromatic carbocycles. The number of ether oxygens (including phenoxy) is 2. The highest BCUT2D eigenvalue weighted by Crippen LogP contribution is 2.02. The van der Waals surface area contributed by atoms with Gasteiger partial charge in [-0.25, -0.2) is 9.59 Å². The van der Waals surface area contributed by atoms with E-state index in [2.05, 4.69) is 11.3 Å². The van der Waals surface area contributed by atoms with Gasteiger partial charge in [0.2, 0.25) is 0 Å². The predicted molar refractivity (Wildman–Crippen MR) is 94.8 cm³/mol. The zero-order valence-corrected chi connectivity index (χ0v) is 14.6. The molecule has 0 amide bonds. The fraction of sp³-hybridized carbons (Fsp3) is 0.316. The molecule has 0 spiro atoms. The topological polar surface area (TPSA) is 89.9 Å². The molecule has 1 N–H and O–H groups in total. The molecule has 25 heavy (non-hydrogen) atoms. The Morgan fingerprint density at radius 2 is 1.80 bits per heavy atom. The second kappa shape index (κ2) is 13.7. The van der Waals surface area contributed by atoms with E-state index >= 15 is 0 Å². The molecule has 136 valence electrons. The minimum absolute atomic E-state index is 0.176. The van der Waals surface area contributed by atoms with Crippen LogP contribution < -0.4 is 0 Å². The normalized spacial score (nSPS) is 9.84. The summed E-state index contributed by atoms with van der Waals surface area (Å²) in [6.45, 7) is 7.61. The van der Waals surface area contributed by atoms with Gasteiger partial charge in [0.15, 0.2) is 0 Å². The summed E-state index contributed by atoms with van der Waals surface area (Å²) >= 11 is 0. The third-order valence-electron chi connectivity index (χ3n) is 2.66. The van der Waals surface area contributed by atoms with Crippen molar-refractivity contribution in [2.75, 3.05) is 13.2 Å². The Labute approximate surface area is 147 Å². The van der Waals surface area contributed by atoms with Gasteiger partial charge >= 0.3 is 17.9 Å². The summed E-state index contributed by atoms with van der Waals surface area (Å²) in [4.78, 5) is 32.2. The van der Waals surface area contributed by atoms with Crippen molar-refractivity contribution in [2.45, 2.75) is 26.7 Å². The summed E-state index contributed by atoms with van der Waals surface area (Å²) in [6, 6.07) is 9.33. The van der Waals surface area contributed by atoms with E-state index in [1.165, 1.54) is 13.0 Å². The first-order valence-electron chi connectivity index (χ1n) is 7.81. The molecule has 1 aromatic rings. The average molecular weight is 348 g/mol. The quantitative estimate of drug-likeness (QED) is 0.336. The van der Waals surface area contributed by atoms with Crippen molar-refractivity contribution in [3.05, 3.63) is 54.1 Å². The number of carboxylic acid groups (broad SMARTS) is 1. The number of benzene rings is 1. The lowest BCUT2D eigenvalue weighted by molar-refractivity contribution is -0.156. The number of aliphatic carboxylic acids is 1. The number of carboxylic acids is 1. The van der Waals surface area contributed by atoms with Crippen LogP contribution in [0.5, 0.6) is 0 Å². The Balaban J connectivity index is 0.000000823. The number of hydrogen-bond donors (Lipinski definition) is 1. The molecule has 0 bridgehead atoms. The highest BCUT2D eigenvalue weighted by molar-refractivity contribution is 5.94. The minimum Gasteiger partial charge on any atom is -0.478 e. The number of carbonyl (C=O) groups excluding carboxylic acids is 2. The maximum absolute atomic E-state index is 11.4. The Morgan fingerprint density at radius 1 is 1.20 bits per heavy atom. The van der Waals surface area contributed by atoms with Gasteiger partial charge in [-0.15, -0.1) is 0 Å². The van der Waals surface area contributed by atoms with Gasteiger partial charge in [-0.1, -0.05) is 36.9 Å². The molecule has 0 aromatic heterocycles. The minimum atomic E-state index is -0.935. The molecule has 0 aliphatic carbocycles. The van der Waals surface area contributed by atoms with Crippen molar-refractivity contribution in [1.29, 1.82) is 0 Å². The van der Waals surface area contributed by atoms with E-state index in [-0.39, 0.29) is 12.0 Å². The molecule has 0 heterocycles. The van der Waals surface area contributed by atoms with Gasteiger partial charge in [-0.2, -0.15) is 0 Å². The van der Waals surface area contributed by atoms with Crippen LogP contribution in [0.4, 0.5) is 0 Å². The van der Waals surface area contributed by atoms with Gasteiger partial charge in [0.1, 0.15) is 0 Å². The van der Waals surface area contributed by atoms with E-state index in [1.807, 2.05) is 37.3 Å². The molecule has 6 heteroatoms. The van der Waals surface area contributed by atoms with Crippen LogP contribution >= 0.6 is 0 Å². The van der Waals surface area contributed by atoms with Crippen LogP contribution in [-0.4, -0.2) is 36.2 Å². The van der Waals surface area contributed by atoms with Crippen molar-refractivity contribution < 1.29 is 29.0 Å². The fourth-order valence-electron chi connectivity index (χ4n) is 1.39. The van der Waals surface area contributed by atoms with Gasteiger partial charge in [0.25, 0.3) is 0 Å². The molecule has 0 unspecified atom stereocenters. The second-order valence-electron chi connectivity index (χ2n) is 4.92. The van der Waals surface area contributed by atoms with Crippen LogP contribution in [0.2, 0.25) is 0 Å². The third kappa shape index (κ3) is 13.4. The van der Waals surface area contributed by atoms with Crippen LogP contribution in [0.15, 0.2) is 48.6 Å². The van der Waals surface area contributed by atoms with Gasteiger partial charge in [-0.3, -0.25) is 4.79 Å². The molecular weight excluding hydrogens is 324 g/mol. The van der Waals surface area contributed by atoms with Crippen LogP contribution in [0.1, 0.15) is 32.3 Å². The van der Waals surface area contributed by atoms with Crippen molar-refractivity contribution in [3.63, 3.8) is 0 Å². The van der Waals surface area contributed by atoms with Crippen LogP contribution in [-0.2, 0) is 23.9 Å². The Morgan fingerprint density at radius 3 is 2.32 bits per heavy atom. The summed E-state index contributed by atoms with van der Waals surface area (Å²) in [5.41, 5.74) is 1.05. The molecule has 0 atom stereocenters. The van der Waals surface area contributed by atoms with Gasteiger partial charge in [0.05, 0.1) is 0 Å². The van der Waals surface area contributed by atoms with Crippen molar-refractivity contribution >= 4 is 24.0 Å². The maximum atomic E-state index is 11.4. The first-order chi connectivity index (χ1) is 11.9. The Bertz CT molecular complexity index is 577. The highest BCUT2D eigenvalue weighted by Gasteiger charge is 2.07. The standard InChI is InChI=1S/C15H18O4.C4H6O2/c1-2-18-12-6-9-14(16)19-15(17)11-10-13-7-4-3-5-8-13;1-3(2)4(5)6/h3-5,7-8,10-11H,2,6,9,12H2,1H3;1H2,2H3,(H,5,6). The first-order valence-corrected chi connectivity index (χ1v) is 7.81. The zero-order chi connectivity index (χ0) is 19.1. The largest absolute Gasteiger partial charge is 0.478 e. The highest BCUT2D eigenvalue weighted by atomic mass is 16.6. The smallest absolute Gasteiger partial charge is 0.338 e. The van der Waals surface area contributed by atoms with E-state index in [0.29, 0.717) is 19.6 Å². The maximum Gasteiger partial charge on any atom is 0.338 e. The van der Waals surface area contributed by atoms with E-state index in [0.717, 1.165) is 5.56 Å². The van der Waals surface area contributed by atoms with E-state index in [4.69, 9.17) is 9.84 Å². The molecular formula is C19H24O6. The number of rotatable bonds is 8. The summed E-state index contributed by atoms with van der Waals surface area (Å²) in [5.74, 6) is -2.11.